The Labute approximate surface area is 126 Å². The molecule has 1 aromatic carbocycles. The summed E-state index contributed by atoms with van der Waals surface area (Å²) in [6.07, 6.45) is 5.41. The summed E-state index contributed by atoms with van der Waals surface area (Å²) in [7, 11) is -2.87. The lowest BCUT2D eigenvalue weighted by Gasteiger charge is -2.18. The third kappa shape index (κ3) is 5.81. The second-order valence-corrected chi connectivity index (χ2v) is 8.40. The molecular formula is C15H22ClNO2S. The third-order valence-corrected chi connectivity index (χ3v) is 4.92. The first-order chi connectivity index (χ1) is 9.44. The van der Waals surface area contributed by atoms with Crippen molar-refractivity contribution in [2.24, 2.45) is 0 Å². The van der Waals surface area contributed by atoms with Crippen LogP contribution in [0.5, 0.6) is 0 Å². The van der Waals surface area contributed by atoms with Crippen molar-refractivity contribution in [3.63, 3.8) is 0 Å². The van der Waals surface area contributed by atoms with Gasteiger partial charge in [-0.25, -0.2) is 8.42 Å². The lowest BCUT2D eigenvalue weighted by Crippen LogP contribution is -2.24. The zero-order chi connectivity index (χ0) is 14.6. The van der Waals surface area contributed by atoms with Crippen LogP contribution in [0.1, 0.15) is 37.2 Å². The van der Waals surface area contributed by atoms with E-state index in [1.165, 1.54) is 24.7 Å². The molecule has 1 aliphatic rings. The number of hydrogen-bond donors (Lipinski definition) is 1. The maximum atomic E-state index is 11.2. The number of benzene rings is 1. The molecule has 0 spiro atoms. The van der Waals surface area contributed by atoms with Gasteiger partial charge in [-0.15, -0.1) is 0 Å². The standard InChI is InChI=1S/C15H22ClNO2S/c1-20(18,19)10-2-3-13(11-17-15-8-9-15)12-4-6-14(16)7-5-12/h4-7,13,15,17H,2-3,8-11H2,1H3. The molecule has 1 saturated carbocycles. The normalized spacial score (nSPS) is 17.1. The fraction of sp³-hybridized carbons (Fsp3) is 0.600. The maximum Gasteiger partial charge on any atom is 0.147 e. The van der Waals surface area contributed by atoms with Gasteiger partial charge in [-0.05, 0) is 49.3 Å². The van der Waals surface area contributed by atoms with Crippen LogP contribution in [0.3, 0.4) is 0 Å². The molecule has 20 heavy (non-hydrogen) atoms. The van der Waals surface area contributed by atoms with E-state index in [4.69, 9.17) is 11.6 Å². The minimum absolute atomic E-state index is 0.264. The Balaban J connectivity index is 1.93. The van der Waals surface area contributed by atoms with E-state index in [1.807, 2.05) is 24.3 Å². The molecule has 1 N–H and O–H groups in total. The largest absolute Gasteiger partial charge is 0.313 e. The zero-order valence-electron chi connectivity index (χ0n) is 11.8. The minimum atomic E-state index is -2.87. The summed E-state index contributed by atoms with van der Waals surface area (Å²) in [5, 5.41) is 4.27. The van der Waals surface area contributed by atoms with Gasteiger partial charge in [-0.2, -0.15) is 0 Å². The first kappa shape index (κ1) is 15.8. The fourth-order valence-corrected chi connectivity index (χ4v) is 3.13. The van der Waals surface area contributed by atoms with Gasteiger partial charge < -0.3 is 5.32 Å². The second kappa shape index (κ2) is 6.92. The molecule has 0 heterocycles. The smallest absolute Gasteiger partial charge is 0.147 e. The zero-order valence-corrected chi connectivity index (χ0v) is 13.4. The second-order valence-electron chi connectivity index (χ2n) is 5.70. The van der Waals surface area contributed by atoms with Crippen molar-refractivity contribution in [1.82, 2.24) is 5.32 Å². The molecule has 5 heteroatoms. The average molecular weight is 316 g/mol. The summed E-state index contributed by atoms with van der Waals surface area (Å²) in [5.41, 5.74) is 1.23. The monoisotopic (exact) mass is 315 g/mol. The first-order valence-corrected chi connectivity index (χ1v) is 9.54. The van der Waals surface area contributed by atoms with Crippen molar-refractivity contribution in [1.29, 1.82) is 0 Å². The molecule has 1 aromatic rings. The van der Waals surface area contributed by atoms with Gasteiger partial charge in [-0.1, -0.05) is 23.7 Å². The maximum absolute atomic E-state index is 11.2. The lowest BCUT2D eigenvalue weighted by atomic mass is 9.94. The summed E-state index contributed by atoms with van der Waals surface area (Å²) in [4.78, 5) is 0. The SMILES string of the molecule is CS(=O)(=O)CCCC(CNC1CC1)c1ccc(Cl)cc1. The quantitative estimate of drug-likeness (QED) is 0.802. The van der Waals surface area contributed by atoms with Crippen LogP contribution in [0.15, 0.2) is 24.3 Å². The van der Waals surface area contributed by atoms with Crippen molar-refractivity contribution >= 4 is 21.4 Å². The molecule has 0 bridgehead atoms. The van der Waals surface area contributed by atoms with E-state index in [0.29, 0.717) is 18.4 Å². The van der Waals surface area contributed by atoms with Crippen molar-refractivity contribution in [2.75, 3.05) is 18.6 Å². The number of sulfone groups is 1. The van der Waals surface area contributed by atoms with E-state index >= 15 is 0 Å². The van der Waals surface area contributed by atoms with Gasteiger partial charge in [0.05, 0.1) is 0 Å². The molecule has 0 amide bonds. The van der Waals surface area contributed by atoms with Crippen LogP contribution in [0.25, 0.3) is 0 Å². The first-order valence-electron chi connectivity index (χ1n) is 7.10. The van der Waals surface area contributed by atoms with Gasteiger partial charge in [0.25, 0.3) is 0 Å². The van der Waals surface area contributed by atoms with Crippen LogP contribution in [0, 0.1) is 0 Å². The Morgan fingerprint density at radius 1 is 1.30 bits per heavy atom. The van der Waals surface area contributed by atoms with Gasteiger partial charge in [-0.3, -0.25) is 0 Å². The highest BCUT2D eigenvalue weighted by Gasteiger charge is 2.22. The van der Waals surface area contributed by atoms with Crippen molar-refractivity contribution in [3.05, 3.63) is 34.9 Å². The summed E-state index contributed by atoms with van der Waals surface area (Å²) in [6.45, 7) is 0.913. The van der Waals surface area contributed by atoms with E-state index in [1.54, 1.807) is 0 Å². The van der Waals surface area contributed by atoms with Crippen molar-refractivity contribution in [3.8, 4) is 0 Å². The van der Waals surface area contributed by atoms with E-state index in [2.05, 4.69) is 5.32 Å². The van der Waals surface area contributed by atoms with Gasteiger partial charge in [0.15, 0.2) is 0 Å². The van der Waals surface area contributed by atoms with E-state index in [9.17, 15) is 8.42 Å². The minimum Gasteiger partial charge on any atom is -0.313 e. The summed E-state index contributed by atoms with van der Waals surface area (Å²) >= 11 is 5.92. The number of rotatable bonds is 8. The van der Waals surface area contributed by atoms with Crippen molar-refractivity contribution < 1.29 is 8.42 Å². The van der Waals surface area contributed by atoms with Crippen LogP contribution in [0.2, 0.25) is 5.02 Å². The van der Waals surface area contributed by atoms with Gasteiger partial charge in [0.1, 0.15) is 9.84 Å². The highest BCUT2D eigenvalue weighted by Crippen LogP contribution is 2.25. The number of hydrogen-bond acceptors (Lipinski definition) is 3. The Morgan fingerprint density at radius 3 is 2.50 bits per heavy atom. The van der Waals surface area contributed by atoms with Crippen molar-refractivity contribution in [2.45, 2.75) is 37.6 Å². The highest BCUT2D eigenvalue weighted by molar-refractivity contribution is 7.90. The Hall–Kier alpha value is -0.580. The topological polar surface area (TPSA) is 46.2 Å². The summed E-state index contributed by atoms with van der Waals surface area (Å²) < 4.78 is 22.5. The average Bonchev–Trinajstić information content (AvgIpc) is 3.17. The molecular weight excluding hydrogens is 294 g/mol. The van der Waals surface area contributed by atoms with Crippen LogP contribution in [-0.4, -0.2) is 33.0 Å². The Bertz CT molecular complexity index is 523. The molecule has 0 radical (unpaired) electrons. The summed E-state index contributed by atoms with van der Waals surface area (Å²) in [6, 6.07) is 8.55. The third-order valence-electron chi connectivity index (χ3n) is 3.64. The van der Waals surface area contributed by atoms with Gasteiger partial charge in [0, 0.05) is 29.6 Å². The molecule has 3 nitrogen and oxygen atoms in total. The molecule has 2 rings (SSSR count). The lowest BCUT2D eigenvalue weighted by molar-refractivity contribution is 0.538. The Morgan fingerprint density at radius 2 is 1.95 bits per heavy atom. The predicted molar refractivity (Wildman–Crippen MR) is 84.2 cm³/mol. The van der Waals surface area contributed by atoms with Crippen LogP contribution in [0.4, 0.5) is 0 Å². The predicted octanol–water partition coefficient (Wildman–Crippen LogP) is 3.00. The highest BCUT2D eigenvalue weighted by atomic mass is 35.5. The molecule has 1 fully saturated rings. The molecule has 1 aliphatic carbocycles. The molecule has 1 atom stereocenters. The van der Waals surface area contributed by atoms with Crippen LogP contribution >= 0.6 is 11.6 Å². The van der Waals surface area contributed by atoms with E-state index in [-0.39, 0.29) is 5.75 Å². The Kier molecular flexibility index (Phi) is 5.47. The van der Waals surface area contributed by atoms with E-state index in [0.717, 1.165) is 18.0 Å². The van der Waals surface area contributed by atoms with Crippen LogP contribution in [-0.2, 0) is 9.84 Å². The molecule has 0 aromatic heterocycles. The summed E-state index contributed by atoms with van der Waals surface area (Å²) in [5.74, 6) is 0.621. The molecule has 1 unspecified atom stereocenters. The molecule has 112 valence electrons. The number of nitrogens with one attached hydrogen (secondary N) is 1. The number of halogens is 1. The van der Waals surface area contributed by atoms with Crippen LogP contribution < -0.4 is 5.32 Å². The fourth-order valence-electron chi connectivity index (χ4n) is 2.31. The molecule has 0 saturated heterocycles. The molecule has 0 aliphatic heterocycles. The van der Waals surface area contributed by atoms with E-state index < -0.39 is 9.84 Å². The van der Waals surface area contributed by atoms with Gasteiger partial charge in [0.2, 0.25) is 0 Å². The van der Waals surface area contributed by atoms with Gasteiger partial charge >= 0.3 is 0 Å².